The molecule has 21 heavy (non-hydrogen) atoms. The molecule has 0 bridgehead atoms. The number of rotatable bonds is 2. The number of nitrogens with two attached hydrogens (primary N) is 1. The van der Waals surface area contributed by atoms with E-state index < -0.39 is 0 Å². The van der Waals surface area contributed by atoms with Crippen molar-refractivity contribution in [2.75, 3.05) is 5.73 Å². The van der Waals surface area contributed by atoms with Crippen LogP contribution in [0.25, 0.3) is 11.2 Å². The zero-order valence-electron chi connectivity index (χ0n) is 12.5. The monoisotopic (exact) mass is 291 g/mol. The van der Waals surface area contributed by atoms with E-state index in [0.29, 0.717) is 23.7 Å². The molecule has 0 radical (unpaired) electrons. The molecule has 3 rings (SSSR count). The van der Waals surface area contributed by atoms with Gasteiger partial charge in [-0.15, -0.1) is 0 Å². The van der Waals surface area contributed by atoms with Crippen LogP contribution in [-0.2, 0) is 13.6 Å². The fourth-order valence-corrected chi connectivity index (χ4v) is 3.32. The second kappa shape index (κ2) is 5.05. The number of imidazole rings is 1. The number of anilines is 1. The highest BCUT2D eigenvalue weighted by molar-refractivity contribution is 5.73. The Kier molecular flexibility index (Phi) is 3.35. The smallest absolute Gasteiger partial charge is 0.332 e. The summed E-state index contributed by atoms with van der Waals surface area (Å²) in [6, 6.07) is 0.111. The summed E-state index contributed by atoms with van der Waals surface area (Å²) in [5, 5.41) is 0. The van der Waals surface area contributed by atoms with Crippen LogP contribution in [0.5, 0.6) is 0 Å². The standard InChI is InChI=1S/C14H21N5O2/c1-3-18-10-11(16-13(18)15)19(9-7-5-4-6-8-9)14(21)17(2)12(10)20/h9H,3-8H2,1-2H3,(H2,15,16). The summed E-state index contributed by atoms with van der Waals surface area (Å²) in [5.74, 6) is 0.291. The van der Waals surface area contributed by atoms with Crippen LogP contribution in [0.1, 0.15) is 45.1 Å². The van der Waals surface area contributed by atoms with Crippen LogP contribution in [0.4, 0.5) is 5.95 Å². The highest BCUT2D eigenvalue weighted by atomic mass is 16.2. The zero-order chi connectivity index (χ0) is 15.1. The van der Waals surface area contributed by atoms with Crippen LogP contribution in [0, 0.1) is 0 Å². The van der Waals surface area contributed by atoms with Gasteiger partial charge in [0.2, 0.25) is 5.95 Å². The first kappa shape index (κ1) is 13.9. The molecule has 0 unspecified atom stereocenters. The summed E-state index contributed by atoms with van der Waals surface area (Å²) < 4.78 is 4.53. The largest absolute Gasteiger partial charge is 0.369 e. The maximum atomic E-state index is 12.5. The molecule has 0 saturated heterocycles. The van der Waals surface area contributed by atoms with Gasteiger partial charge in [-0.05, 0) is 19.8 Å². The zero-order valence-corrected chi connectivity index (χ0v) is 12.5. The first-order valence-corrected chi connectivity index (χ1v) is 7.53. The fourth-order valence-electron chi connectivity index (χ4n) is 3.32. The molecule has 0 spiro atoms. The lowest BCUT2D eigenvalue weighted by atomic mass is 9.95. The summed E-state index contributed by atoms with van der Waals surface area (Å²) in [4.78, 5) is 29.3. The minimum Gasteiger partial charge on any atom is -0.369 e. The lowest BCUT2D eigenvalue weighted by Crippen LogP contribution is -2.40. The quantitative estimate of drug-likeness (QED) is 0.894. The second-order valence-corrected chi connectivity index (χ2v) is 5.70. The van der Waals surface area contributed by atoms with Crippen molar-refractivity contribution in [3.63, 3.8) is 0 Å². The van der Waals surface area contributed by atoms with Crippen LogP contribution in [0.2, 0.25) is 0 Å². The van der Waals surface area contributed by atoms with E-state index in [9.17, 15) is 9.59 Å². The Labute approximate surface area is 122 Å². The van der Waals surface area contributed by atoms with Crippen LogP contribution >= 0.6 is 0 Å². The Bertz CT molecular complexity index is 792. The van der Waals surface area contributed by atoms with Gasteiger partial charge in [0.15, 0.2) is 11.2 Å². The van der Waals surface area contributed by atoms with Gasteiger partial charge in [-0.3, -0.25) is 13.9 Å². The molecule has 0 atom stereocenters. The Hall–Kier alpha value is -2.05. The summed E-state index contributed by atoms with van der Waals surface area (Å²) in [6.45, 7) is 2.47. The van der Waals surface area contributed by atoms with Gasteiger partial charge in [-0.1, -0.05) is 19.3 Å². The van der Waals surface area contributed by atoms with E-state index in [-0.39, 0.29) is 17.3 Å². The van der Waals surface area contributed by atoms with Crippen molar-refractivity contribution in [3.05, 3.63) is 20.8 Å². The molecule has 2 aromatic heterocycles. The van der Waals surface area contributed by atoms with Gasteiger partial charge in [0.1, 0.15) is 0 Å². The lowest BCUT2D eigenvalue weighted by Gasteiger charge is -2.24. The lowest BCUT2D eigenvalue weighted by molar-refractivity contribution is 0.345. The molecule has 2 N–H and O–H groups in total. The molecule has 0 amide bonds. The van der Waals surface area contributed by atoms with Gasteiger partial charge in [-0.2, -0.15) is 4.98 Å². The van der Waals surface area contributed by atoms with Crippen molar-refractivity contribution in [1.82, 2.24) is 18.7 Å². The van der Waals surface area contributed by atoms with E-state index in [1.165, 1.54) is 18.0 Å². The molecule has 114 valence electrons. The van der Waals surface area contributed by atoms with E-state index >= 15 is 0 Å². The summed E-state index contributed by atoms with van der Waals surface area (Å²) in [6.07, 6.45) is 5.31. The first-order chi connectivity index (χ1) is 10.1. The van der Waals surface area contributed by atoms with Crippen molar-refractivity contribution in [2.45, 2.75) is 51.6 Å². The molecule has 0 aliphatic heterocycles. The molecule has 2 heterocycles. The SMILES string of the molecule is CCn1c(N)nc2c1c(=O)n(C)c(=O)n2C1CCCCC1. The van der Waals surface area contributed by atoms with Crippen LogP contribution in [0.3, 0.4) is 0 Å². The Morgan fingerprint density at radius 2 is 1.90 bits per heavy atom. The maximum absolute atomic E-state index is 12.5. The fraction of sp³-hybridized carbons (Fsp3) is 0.643. The van der Waals surface area contributed by atoms with Crippen LogP contribution in [-0.4, -0.2) is 18.7 Å². The minimum absolute atomic E-state index is 0.111. The normalized spacial score (nSPS) is 16.7. The van der Waals surface area contributed by atoms with Crippen molar-refractivity contribution in [1.29, 1.82) is 0 Å². The number of nitrogen functional groups attached to an aromatic ring is 1. The number of hydrogen-bond donors (Lipinski definition) is 1. The Balaban J connectivity index is 2.38. The average Bonchev–Trinajstić information content (AvgIpc) is 2.82. The van der Waals surface area contributed by atoms with Crippen molar-refractivity contribution < 1.29 is 0 Å². The topological polar surface area (TPSA) is 87.8 Å². The molecule has 7 nitrogen and oxygen atoms in total. The average molecular weight is 291 g/mol. The Morgan fingerprint density at radius 3 is 2.52 bits per heavy atom. The predicted molar refractivity (Wildman–Crippen MR) is 81.4 cm³/mol. The maximum Gasteiger partial charge on any atom is 0.332 e. The van der Waals surface area contributed by atoms with Crippen LogP contribution < -0.4 is 17.0 Å². The third-order valence-electron chi connectivity index (χ3n) is 4.46. The molecule has 1 fully saturated rings. The summed E-state index contributed by atoms with van der Waals surface area (Å²) >= 11 is 0. The Morgan fingerprint density at radius 1 is 1.24 bits per heavy atom. The van der Waals surface area contributed by atoms with E-state index in [1.54, 1.807) is 9.13 Å². The molecule has 7 heteroatoms. The van der Waals surface area contributed by atoms with Gasteiger partial charge in [0.25, 0.3) is 5.56 Å². The van der Waals surface area contributed by atoms with Crippen molar-refractivity contribution in [3.8, 4) is 0 Å². The number of aromatic nitrogens is 4. The molecule has 1 aliphatic carbocycles. The van der Waals surface area contributed by atoms with Gasteiger partial charge >= 0.3 is 5.69 Å². The number of fused-ring (bicyclic) bond motifs is 1. The molecular weight excluding hydrogens is 270 g/mol. The molecular formula is C14H21N5O2. The van der Waals surface area contributed by atoms with E-state index in [0.717, 1.165) is 25.7 Å². The molecule has 2 aromatic rings. The molecule has 1 aliphatic rings. The number of nitrogens with zero attached hydrogens (tertiary/aromatic N) is 4. The first-order valence-electron chi connectivity index (χ1n) is 7.53. The van der Waals surface area contributed by atoms with Crippen molar-refractivity contribution >= 4 is 17.1 Å². The highest BCUT2D eigenvalue weighted by Crippen LogP contribution is 2.29. The minimum atomic E-state index is -0.326. The van der Waals surface area contributed by atoms with Gasteiger partial charge in [0.05, 0.1) is 0 Å². The third kappa shape index (κ3) is 1.99. The predicted octanol–water partition coefficient (Wildman–Crippen LogP) is 1.00. The number of aryl methyl sites for hydroxylation is 1. The highest BCUT2D eigenvalue weighted by Gasteiger charge is 2.24. The summed E-state index contributed by atoms with van der Waals surface area (Å²) in [5.41, 5.74) is 6.17. The van der Waals surface area contributed by atoms with Gasteiger partial charge in [0, 0.05) is 19.6 Å². The summed E-state index contributed by atoms with van der Waals surface area (Å²) in [7, 11) is 1.52. The van der Waals surface area contributed by atoms with E-state index in [1.807, 2.05) is 6.92 Å². The van der Waals surface area contributed by atoms with E-state index in [4.69, 9.17) is 5.73 Å². The second-order valence-electron chi connectivity index (χ2n) is 5.70. The van der Waals surface area contributed by atoms with Crippen LogP contribution in [0.15, 0.2) is 9.59 Å². The van der Waals surface area contributed by atoms with Crippen molar-refractivity contribution in [2.24, 2.45) is 7.05 Å². The van der Waals surface area contributed by atoms with Gasteiger partial charge < -0.3 is 10.3 Å². The number of hydrogen-bond acceptors (Lipinski definition) is 4. The van der Waals surface area contributed by atoms with Gasteiger partial charge in [-0.25, -0.2) is 4.79 Å². The van der Waals surface area contributed by atoms with E-state index in [2.05, 4.69) is 4.98 Å². The molecule has 0 aromatic carbocycles. The molecule has 1 saturated carbocycles. The third-order valence-corrected chi connectivity index (χ3v) is 4.46.